The zero-order valence-electron chi connectivity index (χ0n) is 28.4. The summed E-state index contributed by atoms with van der Waals surface area (Å²) in [7, 11) is 1.81. The van der Waals surface area contributed by atoms with Crippen molar-refractivity contribution < 1.29 is 14.3 Å². The second-order valence-corrected chi connectivity index (χ2v) is 13.8. The van der Waals surface area contributed by atoms with Gasteiger partial charge in [-0.2, -0.15) is 0 Å². The molecule has 0 N–H and O–H groups in total. The normalized spacial score (nSPS) is 27.4. The first kappa shape index (κ1) is 34.4. The Hall–Kier alpha value is -2.11. The van der Waals surface area contributed by atoms with Gasteiger partial charge in [-0.1, -0.05) is 34.9 Å². The average molecular weight is 581 g/mol. The quantitative estimate of drug-likeness (QED) is 0.205. The summed E-state index contributed by atoms with van der Waals surface area (Å²) >= 11 is 0. The number of piperazine rings is 1. The maximum Gasteiger partial charge on any atom is 0.222 e. The summed E-state index contributed by atoms with van der Waals surface area (Å²) in [5, 5.41) is 0. The Balaban J connectivity index is 1.36. The molecule has 0 radical (unpaired) electrons. The Bertz CT molecular complexity index is 1080. The smallest absolute Gasteiger partial charge is 0.222 e. The van der Waals surface area contributed by atoms with Gasteiger partial charge in [0, 0.05) is 52.2 Å². The number of hydrogen-bond donors (Lipinski definition) is 0. The van der Waals surface area contributed by atoms with Crippen LogP contribution in [0.4, 0.5) is 0 Å². The molecule has 3 atom stereocenters. The number of nitrogens with zero attached hydrogens (tertiary/aromatic N) is 2. The predicted octanol–water partition coefficient (Wildman–Crippen LogP) is 8.54. The Morgan fingerprint density at radius 1 is 0.952 bits per heavy atom. The third-order valence-corrected chi connectivity index (χ3v) is 9.89. The van der Waals surface area contributed by atoms with E-state index in [9.17, 15) is 4.79 Å². The van der Waals surface area contributed by atoms with Crippen LogP contribution < -0.4 is 0 Å². The minimum atomic E-state index is -0.292. The molecular formula is C37H60N2O3. The number of allylic oxidation sites excluding steroid dienone is 8. The SMILES string of the molecule is COC1(C)C=C(C)C(C)=C2OC(C)(CCN3CCN(C(=O)CCC=C(C)CCC=C(C)CCC=C(C)C)CC3)CCC21. The fourth-order valence-electron chi connectivity index (χ4n) is 6.62. The summed E-state index contributed by atoms with van der Waals surface area (Å²) in [6.07, 6.45) is 18.3. The third-order valence-electron chi connectivity index (χ3n) is 9.89. The summed E-state index contributed by atoms with van der Waals surface area (Å²) in [6.45, 7) is 22.1. The fourth-order valence-corrected chi connectivity index (χ4v) is 6.62. The van der Waals surface area contributed by atoms with Crippen LogP contribution in [0.3, 0.4) is 0 Å². The summed E-state index contributed by atoms with van der Waals surface area (Å²) < 4.78 is 12.7. The van der Waals surface area contributed by atoms with Crippen molar-refractivity contribution in [2.75, 3.05) is 39.8 Å². The van der Waals surface area contributed by atoms with E-state index < -0.39 is 0 Å². The molecule has 0 aromatic carbocycles. The lowest BCUT2D eigenvalue weighted by Gasteiger charge is -2.48. The molecular weight excluding hydrogens is 520 g/mol. The Morgan fingerprint density at radius 3 is 2.14 bits per heavy atom. The number of carbonyl (C=O) groups is 1. The minimum Gasteiger partial charge on any atom is -0.491 e. The molecule has 0 spiro atoms. The van der Waals surface area contributed by atoms with Crippen molar-refractivity contribution in [2.45, 2.75) is 124 Å². The van der Waals surface area contributed by atoms with Crippen LogP contribution in [-0.4, -0.2) is 66.7 Å². The summed E-state index contributed by atoms with van der Waals surface area (Å²) in [6, 6.07) is 0. The molecule has 3 rings (SSSR count). The number of ether oxygens (including phenoxy) is 2. The van der Waals surface area contributed by atoms with E-state index >= 15 is 0 Å². The van der Waals surface area contributed by atoms with E-state index in [0.717, 1.165) is 89.8 Å². The van der Waals surface area contributed by atoms with Crippen LogP contribution in [0.25, 0.3) is 0 Å². The predicted molar refractivity (Wildman–Crippen MR) is 176 cm³/mol. The van der Waals surface area contributed by atoms with E-state index in [0.29, 0.717) is 12.3 Å². The van der Waals surface area contributed by atoms with Gasteiger partial charge in [0.15, 0.2) is 0 Å². The highest BCUT2D eigenvalue weighted by molar-refractivity contribution is 5.76. The van der Waals surface area contributed by atoms with Crippen LogP contribution in [0, 0.1) is 5.92 Å². The highest BCUT2D eigenvalue weighted by Crippen LogP contribution is 2.48. The van der Waals surface area contributed by atoms with Crippen molar-refractivity contribution in [1.29, 1.82) is 0 Å². The highest BCUT2D eigenvalue weighted by atomic mass is 16.5. The molecule has 1 amide bonds. The van der Waals surface area contributed by atoms with E-state index in [1.165, 1.54) is 27.9 Å². The second-order valence-electron chi connectivity index (χ2n) is 13.8. The van der Waals surface area contributed by atoms with Crippen LogP contribution in [0.2, 0.25) is 0 Å². The molecule has 5 heteroatoms. The molecule has 3 unspecified atom stereocenters. The molecule has 2 saturated heterocycles. The van der Waals surface area contributed by atoms with Gasteiger partial charge >= 0.3 is 0 Å². The summed E-state index contributed by atoms with van der Waals surface area (Å²) in [4.78, 5) is 17.5. The van der Waals surface area contributed by atoms with Crippen LogP contribution in [0.15, 0.2) is 57.9 Å². The molecule has 0 saturated carbocycles. The maximum atomic E-state index is 12.9. The van der Waals surface area contributed by atoms with Gasteiger partial charge in [0.05, 0.1) is 5.60 Å². The molecule has 0 bridgehead atoms. The molecule has 42 heavy (non-hydrogen) atoms. The topological polar surface area (TPSA) is 42.0 Å². The van der Waals surface area contributed by atoms with Crippen molar-refractivity contribution in [2.24, 2.45) is 5.92 Å². The number of hydrogen-bond acceptors (Lipinski definition) is 4. The molecule has 2 heterocycles. The molecule has 236 valence electrons. The van der Waals surface area contributed by atoms with Gasteiger partial charge in [0.25, 0.3) is 0 Å². The molecule has 2 aliphatic heterocycles. The Morgan fingerprint density at radius 2 is 1.55 bits per heavy atom. The van der Waals surface area contributed by atoms with Crippen molar-refractivity contribution in [3.63, 3.8) is 0 Å². The van der Waals surface area contributed by atoms with Crippen molar-refractivity contribution in [3.8, 4) is 0 Å². The molecule has 0 aromatic rings. The van der Waals surface area contributed by atoms with Gasteiger partial charge in [-0.15, -0.1) is 0 Å². The number of fused-ring (bicyclic) bond motifs is 1. The molecule has 1 aliphatic carbocycles. The molecule has 5 nitrogen and oxygen atoms in total. The van der Waals surface area contributed by atoms with E-state index in [1.54, 1.807) is 0 Å². The number of rotatable bonds is 13. The van der Waals surface area contributed by atoms with Gasteiger partial charge < -0.3 is 14.4 Å². The lowest BCUT2D eigenvalue weighted by Crippen LogP contribution is -2.51. The van der Waals surface area contributed by atoms with Crippen molar-refractivity contribution in [1.82, 2.24) is 9.80 Å². The van der Waals surface area contributed by atoms with Gasteiger partial charge in [-0.05, 0) is 124 Å². The largest absolute Gasteiger partial charge is 0.491 e. The van der Waals surface area contributed by atoms with Crippen LogP contribution >= 0.6 is 0 Å². The monoisotopic (exact) mass is 580 g/mol. The van der Waals surface area contributed by atoms with Crippen molar-refractivity contribution >= 4 is 5.91 Å². The van der Waals surface area contributed by atoms with Gasteiger partial charge in [0.2, 0.25) is 5.91 Å². The average Bonchev–Trinajstić information content (AvgIpc) is 2.95. The fraction of sp³-hybridized carbons (Fsp3) is 0.703. The van der Waals surface area contributed by atoms with Crippen LogP contribution in [0.1, 0.15) is 113 Å². The van der Waals surface area contributed by atoms with Crippen LogP contribution in [-0.2, 0) is 14.3 Å². The first-order valence-electron chi connectivity index (χ1n) is 16.5. The number of carbonyl (C=O) groups excluding carboxylic acids is 1. The van der Waals surface area contributed by atoms with E-state index in [2.05, 4.69) is 89.5 Å². The summed E-state index contributed by atoms with van der Waals surface area (Å²) in [5.41, 5.74) is 6.35. The number of amides is 1. The molecule has 3 aliphatic rings. The standard InChI is InChI=1S/C37H60N2O3/c1-28(2)13-10-14-29(3)15-11-16-30(4)17-12-18-34(40)39-25-23-38(24-26-39)22-21-36(7)20-19-33-35(42-36)32(6)31(5)27-37(33,8)41-9/h13,15,17,27,33H,10-12,14,16,18-26H2,1-9H3. The number of methoxy groups -OCH3 is 1. The van der Waals surface area contributed by atoms with E-state index in [1.807, 2.05) is 7.11 Å². The first-order valence-corrected chi connectivity index (χ1v) is 16.5. The van der Waals surface area contributed by atoms with Gasteiger partial charge in [0.1, 0.15) is 11.4 Å². The Labute approximate surface area is 257 Å². The lowest BCUT2D eigenvalue weighted by molar-refractivity contribution is -0.133. The van der Waals surface area contributed by atoms with Crippen LogP contribution in [0.5, 0.6) is 0 Å². The molecule has 2 fully saturated rings. The van der Waals surface area contributed by atoms with Gasteiger partial charge in [-0.3, -0.25) is 9.69 Å². The summed E-state index contributed by atoms with van der Waals surface area (Å²) in [5.74, 6) is 1.72. The first-order chi connectivity index (χ1) is 19.9. The second kappa shape index (κ2) is 15.6. The zero-order valence-corrected chi connectivity index (χ0v) is 28.4. The zero-order chi connectivity index (χ0) is 30.9. The van der Waals surface area contributed by atoms with Gasteiger partial charge in [-0.25, -0.2) is 0 Å². The van der Waals surface area contributed by atoms with E-state index in [4.69, 9.17) is 9.47 Å². The van der Waals surface area contributed by atoms with Crippen molar-refractivity contribution in [3.05, 3.63) is 57.9 Å². The third kappa shape index (κ3) is 9.71. The highest BCUT2D eigenvalue weighted by Gasteiger charge is 2.46. The molecule has 0 aromatic heterocycles. The minimum absolute atomic E-state index is 0.156. The Kier molecular flexibility index (Phi) is 12.7. The lowest BCUT2D eigenvalue weighted by atomic mass is 9.72. The maximum absolute atomic E-state index is 12.9. The van der Waals surface area contributed by atoms with E-state index in [-0.39, 0.29) is 17.1 Å².